The third kappa shape index (κ3) is 5.28. The van der Waals surface area contributed by atoms with Crippen molar-refractivity contribution in [1.29, 1.82) is 0 Å². The first-order valence-corrected chi connectivity index (χ1v) is 7.31. The standard InChI is InChI=1S/C14H25N7/c1-12(2)15-8-14-11-21(18-17-14)6-5-19(3)9-13-7-16-20(4)10-13/h7,10-12,15H,5-6,8-9H2,1-4H3. The van der Waals surface area contributed by atoms with E-state index in [2.05, 4.69) is 46.5 Å². The predicted octanol–water partition coefficient (Wildman–Crippen LogP) is 0.642. The molecule has 0 unspecified atom stereocenters. The quantitative estimate of drug-likeness (QED) is 0.773. The van der Waals surface area contributed by atoms with E-state index in [0.29, 0.717) is 6.04 Å². The van der Waals surface area contributed by atoms with E-state index < -0.39 is 0 Å². The van der Waals surface area contributed by atoms with Crippen molar-refractivity contribution in [2.45, 2.75) is 39.5 Å². The normalized spacial score (nSPS) is 11.7. The van der Waals surface area contributed by atoms with Gasteiger partial charge in [-0.3, -0.25) is 9.36 Å². The maximum Gasteiger partial charge on any atom is 0.0964 e. The molecule has 0 amide bonds. The highest BCUT2D eigenvalue weighted by Crippen LogP contribution is 2.01. The maximum atomic E-state index is 4.18. The minimum absolute atomic E-state index is 0.459. The van der Waals surface area contributed by atoms with Gasteiger partial charge in [0.25, 0.3) is 0 Å². The van der Waals surface area contributed by atoms with Crippen LogP contribution in [0.3, 0.4) is 0 Å². The van der Waals surface area contributed by atoms with Gasteiger partial charge in [0, 0.05) is 50.7 Å². The third-order valence-electron chi connectivity index (χ3n) is 3.20. The number of nitrogens with zero attached hydrogens (tertiary/aromatic N) is 6. The predicted molar refractivity (Wildman–Crippen MR) is 81.5 cm³/mol. The topological polar surface area (TPSA) is 63.8 Å². The zero-order valence-corrected chi connectivity index (χ0v) is 13.3. The van der Waals surface area contributed by atoms with Crippen molar-refractivity contribution in [2.75, 3.05) is 13.6 Å². The molecule has 0 spiro atoms. The fraction of sp³-hybridized carbons (Fsp3) is 0.643. The van der Waals surface area contributed by atoms with Gasteiger partial charge in [-0.05, 0) is 7.05 Å². The number of aromatic nitrogens is 5. The largest absolute Gasteiger partial charge is 0.309 e. The van der Waals surface area contributed by atoms with E-state index in [-0.39, 0.29) is 0 Å². The lowest BCUT2D eigenvalue weighted by atomic mass is 10.3. The van der Waals surface area contributed by atoms with Gasteiger partial charge in [-0.2, -0.15) is 5.10 Å². The van der Waals surface area contributed by atoms with E-state index in [1.807, 2.05) is 35.0 Å². The summed E-state index contributed by atoms with van der Waals surface area (Å²) < 4.78 is 3.73. The van der Waals surface area contributed by atoms with E-state index in [4.69, 9.17) is 0 Å². The first-order chi connectivity index (χ1) is 10.0. The lowest BCUT2D eigenvalue weighted by Crippen LogP contribution is -2.23. The van der Waals surface area contributed by atoms with Crippen LogP contribution in [-0.2, 0) is 26.7 Å². The van der Waals surface area contributed by atoms with E-state index in [1.165, 1.54) is 5.56 Å². The van der Waals surface area contributed by atoms with Crippen molar-refractivity contribution in [3.05, 3.63) is 29.8 Å². The van der Waals surface area contributed by atoms with E-state index >= 15 is 0 Å². The van der Waals surface area contributed by atoms with Gasteiger partial charge >= 0.3 is 0 Å². The van der Waals surface area contributed by atoms with Gasteiger partial charge in [-0.25, -0.2) is 0 Å². The Labute approximate surface area is 125 Å². The summed E-state index contributed by atoms with van der Waals surface area (Å²) in [7, 11) is 4.04. The van der Waals surface area contributed by atoms with Gasteiger partial charge in [0.05, 0.1) is 18.4 Å². The van der Waals surface area contributed by atoms with Gasteiger partial charge < -0.3 is 10.2 Å². The molecule has 2 rings (SSSR count). The lowest BCUT2D eigenvalue weighted by Gasteiger charge is -2.14. The molecule has 0 bridgehead atoms. The fourth-order valence-corrected chi connectivity index (χ4v) is 2.05. The van der Waals surface area contributed by atoms with Crippen LogP contribution in [0.15, 0.2) is 18.6 Å². The van der Waals surface area contributed by atoms with Gasteiger partial charge in [-0.15, -0.1) is 5.10 Å². The number of hydrogen-bond acceptors (Lipinski definition) is 5. The van der Waals surface area contributed by atoms with Gasteiger partial charge in [0.15, 0.2) is 0 Å². The van der Waals surface area contributed by atoms with Crippen LogP contribution in [0.25, 0.3) is 0 Å². The summed E-state index contributed by atoms with van der Waals surface area (Å²) in [6, 6.07) is 0.459. The zero-order chi connectivity index (χ0) is 15.2. The fourth-order valence-electron chi connectivity index (χ4n) is 2.05. The van der Waals surface area contributed by atoms with Crippen molar-refractivity contribution in [1.82, 2.24) is 35.0 Å². The van der Waals surface area contributed by atoms with Crippen molar-refractivity contribution < 1.29 is 0 Å². The molecule has 1 N–H and O–H groups in total. The van der Waals surface area contributed by atoms with Crippen molar-refractivity contribution >= 4 is 0 Å². The Bertz CT molecular complexity index is 543. The zero-order valence-electron chi connectivity index (χ0n) is 13.3. The van der Waals surface area contributed by atoms with Crippen LogP contribution < -0.4 is 5.32 Å². The van der Waals surface area contributed by atoms with E-state index in [9.17, 15) is 0 Å². The summed E-state index contributed by atoms with van der Waals surface area (Å²) in [5.41, 5.74) is 2.21. The molecule has 0 aromatic carbocycles. The van der Waals surface area contributed by atoms with E-state index in [0.717, 1.165) is 31.9 Å². The van der Waals surface area contributed by atoms with Crippen LogP contribution >= 0.6 is 0 Å². The number of nitrogens with one attached hydrogen (secondary N) is 1. The Morgan fingerprint density at radius 2 is 2.14 bits per heavy atom. The van der Waals surface area contributed by atoms with Crippen LogP contribution in [0.1, 0.15) is 25.1 Å². The molecule has 0 aliphatic rings. The molecule has 21 heavy (non-hydrogen) atoms. The smallest absolute Gasteiger partial charge is 0.0964 e. The molecule has 0 aliphatic heterocycles. The number of rotatable bonds is 8. The maximum absolute atomic E-state index is 4.18. The molecule has 7 nitrogen and oxygen atoms in total. The molecule has 0 saturated heterocycles. The molecular formula is C14H25N7. The Hall–Kier alpha value is -1.73. The molecule has 2 aromatic heterocycles. The van der Waals surface area contributed by atoms with Crippen LogP contribution in [-0.4, -0.2) is 49.3 Å². The molecule has 0 fully saturated rings. The molecule has 116 valence electrons. The van der Waals surface area contributed by atoms with Gasteiger partial charge in [0.2, 0.25) is 0 Å². The molecule has 0 radical (unpaired) electrons. The minimum Gasteiger partial charge on any atom is -0.309 e. The summed E-state index contributed by atoms with van der Waals surface area (Å²) in [6.07, 6.45) is 5.95. The average Bonchev–Trinajstić information content (AvgIpc) is 3.03. The molecule has 2 aromatic rings. The number of likely N-dealkylation sites (N-methyl/N-ethyl adjacent to an activating group) is 1. The first-order valence-electron chi connectivity index (χ1n) is 7.31. The molecule has 7 heteroatoms. The lowest BCUT2D eigenvalue weighted by molar-refractivity contribution is 0.303. The minimum atomic E-state index is 0.459. The molecule has 0 aliphatic carbocycles. The summed E-state index contributed by atoms with van der Waals surface area (Å²) in [4.78, 5) is 2.25. The second kappa shape index (κ2) is 7.33. The monoisotopic (exact) mass is 291 g/mol. The average molecular weight is 291 g/mol. The Morgan fingerprint density at radius 1 is 1.33 bits per heavy atom. The molecule has 2 heterocycles. The van der Waals surface area contributed by atoms with E-state index in [1.54, 1.807) is 0 Å². The Balaban J connectivity index is 1.74. The van der Waals surface area contributed by atoms with Crippen LogP contribution in [0.5, 0.6) is 0 Å². The SMILES string of the molecule is CC(C)NCc1cn(CCN(C)Cc2cnn(C)c2)nn1. The molecule has 0 atom stereocenters. The Kier molecular flexibility index (Phi) is 5.46. The van der Waals surface area contributed by atoms with Crippen LogP contribution in [0.4, 0.5) is 0 Å². The second-order valence-corrected chi connectivity index (χ2v) is 5.77. The third-order valence-corrected chi connectivity index (χ3v) is 3.20. The Morgan fingerprint density at radius 3 is 2.81 bits per heavy atom. The number of hydrogen-bond donors (Lipinski definition) is 1. The van der Waals surface area contributed by atoms with Gasteiger partial charge in [0.1, 0.15) is 0 Å². The van der Waals surface area contributed by atoms with Crippen molar-refractivity contribution in [3.63, 3.8) is 0 Å². The van der Waals surface area contributed by atoms with Crippen LogP contribution in [0, 0.1) is 0 Å². The molecule has 0 saturated carbocycles. The summed E-state index contributed by atoms with van der Waals surface area (Å²) in [5.74, 6) is 0. The summed E-state index contributed by atoms with van der Waals surface area (Å²) in [5, 5.41) is 15.9. The summed E-state index contributed by atoms with van der Waals surface area (Å²) >= 11 is 0. The number of aryl methyl sites for hydroxylation is 1. The summed E-state index contributed by atoms with van der Waals surface area (Å²) in [6.45, 7) is 7.67. The highest BCUT2D eigenvalue weighted by atomic mass is 15.4. The highest BCUT2D eigenvalue weighted by molar-refractivity contribution is 5.02. The highest BCUT2D eigenvalue weighted by Gasteiger charge is 2.05. The second-order valence-electron chi connectivity index (χ2n) is 5.77. The van der Waals surface area contributed by atoms with Crippen LogP contribution in [0.2, 0.25) is 0 Å². The first kappa shape index (κ1) is 15.7. The van der Waals surface area contributed by atoms with Gasteiger partial charge in [-0.1, -0.05) is 19.1 Å². The molecular weight excluding hydrogens is 266 g/mol. The van der Waals surface area contributed by atoms with Crippen molar-refractivity contribution in [3.8, 4) is 0 Å². The van der Waals surface area contributed by atoms with Crippen molar-refractivity contribution in [2.24, 2.45) is 7.05 Å².